The van der Waals surface area contributed by atoms with E-state index in [-0.39, 0.29) is 12.2 Å². The minimum atomic E-state index is -0.000720. The molecule has 0 bridgehead atoms. The van der Waals surface area contributed by atoms with E-state index in [0.29, 0.717) is 10.6 Å². The van der Waals surface area contributed by atoms with Gasteiger partial charge in [-0.15, -0.1) is 0 Å². The van der Waals surface area contributed by atoms with Crippen molar-refractivity contribution in [2.24, 2.45) is 0 Å². The fraction of sp³-hybridized carbons (Fsp3) is 0.0769. The summed E-state index contributed by atoms with van der Waals surface area (Å²) in [6.07, 6.45) is 1.95. The van der Waals surface area contributed by atoms with Crippen molar-refractivity contribution in [3.05, 3.63) is 61.8 Å². The zero-order chi connectivity index (χ0) is 13.1. The Morgan fingerprint density at radius 3 is 2.61 bits per heavy atom. The molecule has 1 aromatic heterocycles. The first-order valence-corrected chi connectivity index (χ1v) is 7.11. The van der Waals surface area contributed by atoms with Gasteiger partial charge < -0.3 is 0 Å². The molecule has 0 fully saturated rings. The molecule has 0 aliphatic carbocycles. The molecule has 1 heterocycles. The summed E-state index contributed by atoms with van der Waals surface area (Å²) in [5, 5.41) is 0.532. The van der Waals surface area contributed by atoms with E-state index in [1.165, 1.54) is 0 Å². The van der Waals surface area contributed by atoms with Crippen LogP contribution in [0.25, 0.3) is 0 Å². The first-order chi connectivity index (χ1) is 8.56. The standard InChI is InChI=1S/C13H8Br2ClNO/c14-9-2-3-10(17-7-9)6-13(18)8-1-4-11(15)12(16)5-8/h1-5,7H,6H2. The van der Waals surface area contributed by atoms with E-state index in [2.05, 4.69) is 36.8 Å². The average molecular weight is 389 g/mol. The number of hydrogen-bond acceptors (Lipinski definition) is 2. The first kappa shape index (κ1) is 13.7. The van der Waals surface area contributed by atoms with Gasteiger partial charge in [0.15, 0.2) is 5.78 Å². The summed E-state index contributed by atoms with van der Waals surface area (Å²) in [6.45, 7) is 0. The minimum absolute atomic E-state index is 0.000720. The van der Waals surface area contributed by atoms with Crippen LogP contribution in [-0.4, -0.2) is 10.8 Å². The number of hydrogen-bond donors (Lipinski definition) is 0. The summed E-state index contributed by atoms with van der Waals surface area (Å²) in [5.74, 6) is -0.000720. The van der Waals surface area contributed by atoms with Crippen LogP contribution in [0.1, 0.15) is 16.1 Å². The lowest BCUT2D eigenvalue weighted by atomic mass is 10.1. The van der Waals surface area contributed by atoms with Crippen LogP contribution in [0.4, 0.5) is 0 Å². The van der Waals surface area contributed by atoms with Crippen LogP contribution < -0.4 is 0 Å². The van der Waals surface area contributed by atoms with Crippen LogP contribution in [0.3, 0.4) is 0 Å². The molecule has 92 valence electrons. The molecule has 0 aliphatic rings. The lowest BCUT2D eigenvalue weighted by Gasteiger charge is -2.03. The first-order valence-electron chi connectivity index (χ1n) is 5.15. The van der Waals surface area contributed by atoms with Crippen LogP contribution in [0, 0.1) is 0 Å². The highest BCUT2D eigenvalue weighted by Crippen LogP contribution is 2.23. The highest BCUT2D eigenvalue weighted by molar-refractivity contribution is 9.10. The number of aromatic nitrogens is 1. The van der Waals surface area contributed by atoms with Crippen LogP contribution in [0.5, 0.6) is 0 Å². The normalized spacial score (nSPS) is 10.4. The molecule has 0 N–H and O–H groups in total. The Morgan fingerprint density at radius 2 is 2.00 bits per heavy atom. The molecular formula is C13H8Br2ClNO. The Labute approximate surface area is 127 Å². The lowest BCUT2D eigenvalue weighted by Crippen LogP contribution is -2.04. The zero-order valence-corrected chi connectivity index (χ0v) is 13.1. The zero-order valence-electron chi connectivity index (χ0n) is 9.16. The summed E-state index contributed by atoms with van der Waals surface area (Å²) in [4.78, 5) is 16.2. The summed E-state index contributed by atoms with van der Waals surface area (Å²) >= 11 is 12.6. The van der Waals surface area contributed by atoms with Crippen molar-refractivity contribution < 1.29 is 4.79 Å². The van der Waals surface area contributed by atoms with Crippen molar-refractivity contribution in [1.29, 1.82) is 0 Å². The monoisotopic (exact) mass is 387 g/mol. The van der Waals surface area contributed by atoms with Gasteiger partial charge in [-0.05, 0) is 56.1 Å². The number of pyridine rings is 1. The fourth-order valence-electron chi connectivity index (χ4n) is 1.45. The number of benzene rings is 1. The van der Waals surface area contributed by atoms with Crippen LogP contribution in [0.15, 0.2) is 45.5 Å². The highest BCUT2D eigenvalue weighted by atomic mass is 79.9. The molecule has 2 rings (SSSR count). The largest absolute Gasteiger partial charge is 0.294 e. The van der Waals surface area contributed by atoms with Gasteiger partial charge in [-0.1, -0.05) is 17.7 Å². The third kappa shape index (κ3) is 3.40. The third-order valence-electron chi connectivity index (χ3n) is 2.37. The van der Waals surface area contributed by atoms with Gasteiger partial charge in [-0.3, -0.25) is 9.78 Å². The summed E-state index contributed by atoms with van der Waals surface area (Å²) in [5.41, 5.74) is 1.33. The maximum Gasteiger partial charge on any atom is 0.168 e. The number of carbonyl (C=O) groups excluding carboxylic acids is 1. The molecule has 2 nitrogen and oxygen atoms in total. The molecule has 0 saturated carbocycles. The van der Waals surface area contributed by atoms with Gasteiger partial charge in [-0.25, -0.2) is 0 Å². The van der Waals surface area contributed by atoms with Crippen molar-refractivity contribution in [3.63, 3.8) is 0 Å². The predicted molar refractivity (Wildman–Crippen MR) is 79.1 cm³/mol. The second-order valence-corrected chi connectivity index (χ2v) is 5.87. The van der Waals surface area contributed by atoms with E-state index < -0.39 is 0 Å². The molecule has 0 unspecified atom stereocenters. The lowest BCUT2D eigenvalue weighted by molar-refractivity contribution is 0.0992. The van der Waals surface area contributed by atoms with Crippen molar-refractivity contribution >= 4 is 49.2 Å². The van der Waals surface area contributed by atoms with E-state index in [9.17, 15) is 4.79 Å². The van der Waals surface area contributed by atoms with Crippen LogP contribution in [0.2, 0.25) is 5.02 Å². The quantitative estimate of drug-likeness (QED) is 0.713. The van der Waals surface area contributed by atoms with Crippen LogP contribution >= 0.6 is 43.5 Å². The van der Waals surface area contributed by atoms with Crippen molar-refractivity contribution in [2.45, 2.75) is 6.42 Å². The van der Waals surface area contributed by atoms with Gasteiger partial charge in [0, 0.05) is 26.4 Å². The Kier molecular flexibility index (Phi) is 4.54. The molecule has 5 heteroatoms. The number of nitrogens with zero attached hydrogens (tertiary/aromatic N) is 1. The van der Waals surface area contributed by atoms with Gasteiger partial charge in [0.05, 0.1) is 11.4 Å². The fourth-order valence-corrected chi connectivity index (χ4v) is 2.11. The van der Waals surface area contributed by atoms with Gasteiger partial charge in [0.1, 0.15) is 0 Å². The number of ketones is 1. The molecular weight excluding hydrogens is 381 g/mol. The van der Waals surface area contributed by atoms with Gasteiger partial charge in [0.2, 0.25) is 0 Å². The molecule has 0 saturated heterocycles. The molecule has 18 heavy (non-hydrogen) atoms. The molecule has 1 aromatic carbocycles. The van der Waals surface area contributed by atoms with Crippen LogP contribution in [-0.2, 0) is 6.42 Å². The topological polar surface area (TPSA) is 30.0 Å². The Balaban J connectivity index is 2.16. The maximum absolute atomic E-state index is 12.0. The molecule has 0 spiro atoms. The SMILES string of the molecule is O=C(Cc1ccc(Br)cn1)c1ccc(Br)c(Cl)c1. The Bertz CT molecular complexity index is 584. The minimum Gasteiger partial charge on any atom is -0.294 e. The van der Waals surface area contributed by atoms with E-state index in [0.717, 1.165) is 14.6 Å². The summed E-state index contributed by atoms with van der Waals surface area (Å²) in [6, 6.07) is 8.86. The number of Topliss-reactive ketones (excluding diaryl/α,β-unsaturated/α-hetero) is 1. The Hall–Kier alpha value is -0.710. The van der Waals surface area contributed by atoms with Gasteiger partial charge in [-0.2, -0.15) is 0 Å². The Morgan fingerprint density at radius 1 is 1.22 bits per heavy atom. The van der Waals surface area contributed by atoms with E-state index >= 15 is 0 Å². The van der Waals surface area contributed by atoms with Crippen molar-refractivity contribution in [3.8, 4) is 0 Å². The number of carbonyl (C=O) groups is 1. The number of halogens is 3. The van der Waals surface area contributed by atoms with E-state index in [1.807, 2.05) is 12.1 Å². The number of rotatable bonds is 3. The summed E-state index contributed by atoms with van der Waals surface area (Å²) in [7, 11) is 0. The molecule has 0 amide bonds. The van der Waals surface area contributed by atoms with Crippen molar-refractivity contribution in [1.82, 2.24) is 4.98 Å². The molecule has 2 aromatic rings. The molecule has 0 radical (unpaired) electrons. The van der Waals surface area contributed by atoms with E-state index in [1.54, 1.807) is 24.4 Å². The second-order valence-electron chi connectivity index (χ2n) is 3.70. The summed E-state index contributed by atoms with van der Waals surface area (Å²) < 4.78 is 1.67. The van der Waals surface area contributed by atoms with Crippen molar-refractivity contribution in [2.75, 3.05) is 0 Å². The highest BCUT2D eigenvalue weighted by Gasteiger charge is 2.09. The smallest absolute Gasteiger partial charge is 0.168 e. The third-order valence-corrected chi connectivity index (χ3v) is 4.07. The van der Waals surface area contributed by atoms with E-state index in [4.69, 9.17) is 11.6 Å². The maximum atomic E-state index is 12.0. The average Bonchev–Trinajstić information content (AvgIpc) is 2.35. The predicted octanol–water partition coefficient (Wildman–Crippen LogP) is 4.69. The van der Waals surface area contributed by atoms with Gasteiger partial charge in [0.25, 0.3) is 0 Å². The second kappa shape index (κ2) is 5.95. The molecule has 0 aliphatic heterocycles. The molecule has 0 atom stereocenters. The van der Waals surface area contributed by atoms with Gasteiger partial charge >= 0.3 is 0 Å².